The molecule has 4 heterocycles. The Morgan fingerprint density at radius 1 is 0.360 bits per heavy atom. The first-order valence-electron chi connectivity index (χ1n) is 37.0. The predicted molar refractivity (Wildman–Crippen MR) is 428 cm³/mol. The van der Waals surface area contributed by atoms with Crippen LogP contribution in [-0.4, -0.2) is 134 Å². The first kappa shape index (κ1) is 74.7. The second-order valence-corrected chi connectivity index (χ2v) is 26.8. The van der Waals surface area contributed by atoms with Crippen LogP contribution in [-0.2, 0) is 38.3 Å². The molecule has 22 heteroatoms. The molecule has 10 aromatic carbocycles. The van der Waals surface area contributed by atoms with E-state index in [0.717, 1.165) is 109 Å². The SMILES string of the molecule is CCOC(=O)O/N=C(/CCCC/C(=N/OC(=O)OCC)c1ccc2c(c1)c1cc(C(=O)c3ccc(N4CCOCC4)cc3)ccc1n2-c1ccc(/C(C)=N/OC(=O)c2ccccc2C)cc1)c1ccc2c(c1)c1cc(C(=O)c3ccc(N4CCOCC4)cc3)ccc1n2-c1ccc(/C(C)=N/OC(=O)c2ccccc2)cc1. The molecular weight excluding hydrogens is 1410 g/mol. The van der Waals surface area contributed by atoms with E-state index in [0.29, 0.717) is 107 Å². The number of hydrogen-bond acceptors (Lipinski definition) is 20. The summed E-state index contributed by atoms with van der Waals surface area (Å²) in [5, 5.41) is 20.4. The Bertz CT molecular complexity index is 5620. The van der Waals surface area contributed by atoms with E-state index in [1.54, 1.807) is 64.1 Å². The van der Waals surface area contributed by atoms with Crippen molar-refractivity contribution >= 4 is 114 Å². The fraction of sp³-hybridized carbons (Fsp3) is 0.213. The zero-order chi connectivity index (χ0) is 76.9. The van der Waals surface area contributed by atoms with Gasteiger partial charge in [0.15, 0.2) is 11.6 Å². The van der Waals surface area contributed by atoms with E-state index in [1.807, 2.05) is 195 Å². The molecule has 0 spiro atoms. The van der Waals surface area contributed by atoms with E-state index in [-0.39, 0.29) is 37.6 Å². The summed E-state index contributed by atoms with van der Waals surface area (Å²) in [4.78, 5) is 107. The van der Waals surface area contributed by atoms with Gasteiger partial charge in [-0.15, -0.1) is 0 Å². The number of carbonyl (C=O) groups is 6. The van der Waals surface area contributed by atoms with Crippen molar-refractivity contribution in [2.24, 2.45) is 20.6 Å². The lowest BCUT2D eigenvalue weighted by atomic mass is 9.97. The highest BCUT2D eigenvalue weighted by molar-refractivity contribution is 6.19. The maximum atomic E-state index is 14.6. The molecule has 560 valence electrons. The molecule has 111 heavy (non-hydrogen) atoms. The minimum absolute atomic E-state index is 0.0504. The van der Waals surface area contributed by atoms with Gasteiger partial charge in [0, 0.05) is 104 Å². The van der Waals surface area contributed by atoms with Gasteiger partial charge in [-0.1, -0.05) is 93.4 Å². The summed E-state index contributed by atoms with van der Waals surface area (Å²) in [6, 6.07) is 69.5. The van der Waals surface area contributed by atoms with Crippen molar-refractivity contribution in [3.8, 4) is 11.4 Å². The number of nitrogens with zero attached hydrogens (tertiary/aromatic N) is 8. The van der Waals surface area contributed by atoms with Crippen molar-refractivity contribution in [2.45, 2.75) is 60.3 Å². The molecule has 22 nitrogen and oxygen atoms in total. The monoisotopic (exact) mass is 1480 g/mol. The number of carbonyl (C=O) groups excluding carboxylic acids is 6. The molecule has 0 saturated carbocycles. The number of rotatable bonds is 25. The average Bonchev–Trinajstić information content (AvgIpc) is 1.59. The summed E-state index contributed by atoms with van der Waals surface area (Å²) >= 11 is 0. The standard InChI is InChI=1S/C89H80N8O14/c1-6-106-88(102)110-92-78(65-29-41-80-74(53-65)76-55-67(84(98)62-25-33-69(34-26-62)94-45-49-104-50-46-94)31-43-82(76)96(80)71-37-21-60(22-38-71)58(4)90-108-86(100)64-16-9-8-10-17-64)19-13-14-20-79(93-111-89(103)107-7-2)66-30-42-81-75(54-66)77-56-68(85(99)63-27-35-70(36-28-63)95-47-51-105-52-48-95)32-44-83(77)97(81)72-39-23-61(24-40-72)59(5)91-109-87(101)73-18-12-11-15-57(73)3/h8-12,15-18,21-44,53-56H,6-7,13-14,19-20,45-52H2,1-5H3/b90-58+,91-59+,92-78-,93-79-. The van der Waals surface area contributed by atoms with Gasteiger partial charge in [-0.05, 0) is 229 Å². The van der Waals surface area contributed by atoms with Gasteiger partial charge in [-0.2, -0.15) is 0 Å². The topological polar surface area (TPSA) is 242 Å². The van der Waals surface area contributed by atoms with Crippen molar-refractivity contribution in [3.63, 3.8) is 0 Å². The summed E-state index contributed by atoms with van der Waals surface area (Å²) in [5.74, 6) is -1.46. The third-order valence-electron chi connectivity index (χ3n) is 19.8. The Hall–Kier alpha value is -13.2. The number of hydrogen-bond donors (Lipinski definition) is 0. The van der Waals surface area contributed by atoms with E-state index in [2.05, 4.69) is 39.6 Å². The Morgan fingerprint density at radius 3 is 1.12 bits per heavy atom. The fourth-order valence-corrected chi connectivity index (χ4v) is 13.9. The summed E-state index contributed by atoms with van der Waals surface area (Å²) in [7, 11) is 0. The molecule has 0 bridgehead atoms. The molecule has 0 atom stereocenters. The Kier molecular flexibility index (Phi) is 23.1. The third kappa shape index (κ3) is 16.9. The van der Waals surface area contributed by atoms with Gasteiger partial charge in [0.05, 0.1) is 95.7 Å². The zero-order valence-electron chi connectivity index (χ0n) is 62.1. The molecule has 12 aromatic rings. The Morgan fingerprint density at radius 2 is 0.712 bits per heavy atom. The van der Waals surface area contributed by atoms with Crippen molar-refractivity contribution in [3.05, 3.63) is 286 Å². The molecule has 14 rings (SSSR count). The number of ketones is 2. The van der Waals surface area contributed by atoms with Crippen LogP contribution in [0, 0.1) is 6.92 Å². The Balaban J connectivity index is 0.786. The van der Waals surface area contributed by atoms with Gasteiger partial charge in [-0.25, -0.2) is 19.2 Å². The highest BCUT2D eigenvalue weighted by Gasteiger charge is 2.24. The van der Waals surface area contributed by atoms with Crippen LogP contribution in [0.3, 0.4) is 0 Å². The van der Waals surface area contributed by atoms with Gasteiger partial charge in [-0.3, -0.25) is 19.3 Å². The highest BCUT2D eigenvalue weighted by Crippen LogP contribution is 2.38. The van der Waals surface area contributed by atoms with E-state index in [4.69, 9.17) is 38.3 Å². The van der Waals surface area contributed by atoms with Gasteiger partial charge < -0.3 is 47.6 Å². The second-order valence-electron chi connectivity index (χ2n) is 26.8. The molecular formula is C89H80N8O14. The van der Waals surface area contributed by atoms with Gasteiger partial charge in [0.1, 0.15) is 0 Å². The second kappa shape index (κ2) is 34.4. The van der Waals surface area contributed by atoms with Crippen molar-refractivity contribution in [1.82, 2.24) is 9.13 Å². The molecule has 0 unspecified atom stereocenters. The summed E-state index contributed by atoms with van der Waals surface area (Å²) in [6.07, 6.45) is -0.542. The lowest BCUT2D eigenvalue weighted by molar-refractivity contribution is 0.0507. The molecule has 2 saturated heterocycles. The molecule has 2 aliphatic rings. The maximum Gasteiger partial charge on any atom is 0.535 e. The number of ether oxygens (including phenoxy) is 4. The molecule has 0 aliphatic carbocycles. The van der Waals surface area contributed by atoms with Crippen molar-refractivity contribution < 1.29 is 67.1 Å². The Labute approximate surface area is 640 Å². The number of anilines is 2. The molecule has 0 amide bonds. The molecule has 2 fully saturated rings. The number of benzene rings is 10. The molecule has 0 N–H and O–H groups in total. The summed E-state index contributed by atoms with van der Waals surface area (Å²) in [5.41, 5.74) is 14.8. The predicted octanol–water partition coefficient (Wildman–Crippen LogP) is 17.5. The minimum atomic E-state index is -0.987. The van der Waals surface area contributed by atoms with E-state index >= 15 is 0 Å². The van der Waals surface area contributed by atoms with Crippen LogP contribution in [0.5, 0.6) is 0 Å². The quantitative estimate of drug-likeness (QED) is 0.0129. The van der Waals surface area contributed by atoms with Crippen LogP contribution in [0.1, 0.15) is 134 Å². The van der Waals surface area contributed by atoms with Crippen LogP contribution < -0.4 is 9.80 Å². The lowest BCUT2D eigenvalue weighted by Gasteiger charge is -2.28. The summed E-state index contributed by atoms with van der Waals surface area (Å²) < 4.78 is 25.8. The lowest BCUT2D eigenvalue weighted by Crippen LogP contribution is -2.36. The molecule has 2 aliphatic heterocycles. The van der Waals surface area contributed by atoms with Gasteiger partial charge in [0.2, 0.25) is 0 Å². The number of morpholine rings is 2. The summed E-state index contributed by atoms with van der Waals surface area (Å²) in [6.45, 7) is 14.3. The first-order chi connectivity index (χ1) is 54.2. The normalized spacial score (nSPS) is 13.7. The van der Waals surface area contributed by atoms with Crippen molar-refractivity contribution in [2.75, 3.05) is 75.6 Å². The van der Waals surface area contributed by atoms with E-state index < -0.39 is 24.2 Å². The molecule has 0 radical (unpaired) electrons. The van der Waals surface area contributed by atoms with Crippen LogP contribution >= 0.6 is 0 Å². The fourth-order valence-electron chi connectivity index (χ4n) is 13.9. The number of aryl methyl sites for hydroxylation is 1. The van der Waals surface area contributed by atoms with Crippen molar-refractivity contribution in [1.29, 1.82) is 0 Å². The number of oxime groups is 4. The largest absolute Gasteiger partial charge is 0.535 e. The maximum absolute atomic E-state index is 14.6. The highest BCUT2D eigenvalue weighted by atomic mass is 16.8. The van der Waals surface area contributed by atoms with Crippen LogP contribution in [0.2, 0.25) is 0 Å². The first-order valence-corrected chi connectivity index (χ1v) is 37.0. The van der Waals surface area contributed by atoms with Crippen LogP contribution in [0.25, 0.3) is 55.0 Å². The number of unbranched alkanes of at least 4 members (excludes halogenated alkanes) is 1. The van der Waals surface area contributed by atoms with E-state index in [9.17, 15) is 28.8 Å². The zero-order valence-corrected chi connectivity index (χ0v) is 62.1. The average molecular weight is 1490 g/mol. The van der Waals surface area contributed by atoms with Crippen LogP contribution in [0.15, 0.2) is 245 Å². The third-order valence-corrected chi connectivity index (χ3v) is 19.8. The van der Waals surface area contributed by atoms with Gasteiger partial charge in [0.25, 0.3) is 0 Å². The smallest absolute Gasteiger partial charge is 0.433 e. The number of fused-ring (bicyclic) bond motifs is 6. The van der Waals surface area contributed by atoms with E-state index in [1.165, 1.54) is 0 Å². The minimum Gasteiger partial charge on any atom is -0.433 e. The molecule has 2 aromatic heterocycles. The number of aromatic nitrogens is 2. The van der Waals surface area contributed by atoms with Gasteiger partial charge >= 0.3 is 24.2 Å². The van der Waals surface area contributed by atoms with Crippen LogP contribution in [0.4, 0.5) is 21.0 Å².